The number of ether oxygens (including phenoxy) is 1. The Balaban J connectivity index is 1.42. The standard InChI is InChI=1S/C25H35Cl2N3O2/c1-25-22(28-9-2-3-10-28)16-32-17-23(25)29(15-18-5-4-6-18)11-12-30(25)24(31)14-19-7-8-20(26)21(27)13-19/h7-8,13,18,22-23H,2-6,9-12,14-17H2,1H3/t22?,23-,25?/m0/s1. The Morgan fingerprint density at radius 1 is 1.03 bits per heavy atom. The van der Waals surface area contributed by atoms with Gasteiger partial charge in [-0.05, 0) is 69.3 Å². The number of rotatable bonds is 5. The molecule has 0 radical (unpaired) electrons. The van der Waals surface area contributed by atoms with Gasteiger partial charge in [0.2, 0.25) is 5.91 Å². The number of hydrogen-bond acceptors (Lipinski definition) is 4. The first-order valence-corrected chi connectivity index (χ1v) is 13.0. The fourth-order valence-corrected chi connectivity index (χ4v) is 6.70. The van der Waals surface area contributed by atoms with Gasteiger partial charge < -0.3 is 9.64 Å². The van der Waals surface area contributed by atoms with E-state index in [9.17, 15) is 4.79 Å². The molecule has 0 bridgehead atoms. The van der Waals surface area contributed by atoms with E-state index < -0.39 is 0 Å². The van der Waals surface area contributed by atoms with Gasteiger partial charge in [0.15, 0.2) is 0 Å². The zero-order valence-corrected chi connectivity index (χ0v) is 20.6. The molecule has 5 nitrogen and oxygen atoms in total. The highest BCUT2D eigenvalue weighted by molar-refractivity contribution is 6.42. The summed E-state index contributed by atoms with van der Waals surface area (Å²) in [5.41, 5.74) is 0.670. The molecule has 1 saturated carbocycles. The van der Waals surface area contributed by atoms with Crippen molar-refractivity contribution >= 4 is 29.1 Å². The summed E-state index contributed by atoms with van der Waals surface area (Å²) in [4.78, 5) is 21.2. The first kappa shape index (κ1) is 22.9. The van der Waals surface area contributed by atoms with Crippen LogP contribution in [0, 0.1) is 5.92 Å². The van der Waals surface area contributed by atoms with Crippen LogP contribution < -0.4 is 0 Å². The second-order valence-corrected chi connectivity index (χ2v) is 11.1. The maximum atomic E-state index is 13.8. The fourth-order valence-electron chi connectivity index (χ4n) is 6.38. The number of hydrogen-bond donors (Lipinski definition) is 0. The van der Waals surface area contributed by atoms with Gasteiger partial charge in [0.25, 0.3) is 0 Å². The molecule has 2 unspecified atom stereocenters. The van der Waals surface area contributed by atoms with Crippen molar-refractivity contribution in [1.29, 1.82) is 0 Å². The predicted molar refractivity (Wildman–Crippen MR) is 128 cm³/mol. The zero-order valence-electron chi connectivity index (χ0n) is 19.1. The van der Waals surface area contributed by atoms with Gasteiger partial charge in [0.05, 0.1) is 47.3 Å². The number of amides is 1. The number of carbonyl (C=O) groups is 1. The molecule has 1 amide bonds. The van der Waals surface area contributed by atoms with E-state index in [0.29, 0.717) is 29.7 Å². The molecular weight excluding hydrogens is 445 g/mol. The Labute approximate surface area is 202 Å². The lowest BCUT2D eigenvalue weighted by atomic mass is 9.76. The molecule has 0 spiro atoms. The monoisotopic (exact) mass is 479 g/mol. The van der Waals surface area contributed by atoms with Gasteiger partial charge >= 0.3 is 0 Å². The van der Waals surface area contributed by atoms with Crippen molar-refractivity contribution in [2.45, 2.75) is 63.1 Å². The van der Waals surface area contributed by atoms with Crippen molar-refractivity contribution in [1.82, 2.24) is 14.7 Å². The summed E-state index contributed by atoms with van der Waals surface area (Å²) < 4.78 is 6.21. The summed E-state index contributed by atoms with van der Waals surface area (Å²) in [5, 5.41) is 1.03. The van der Waals surface area contributed by atoms with Crippen molar-refractivity contribution in [3.05, 3.63) is 33.8 Å². The van der Waals surface area contributed by atoms with Gasteiger partial charge in [-0.2, -0.15) is 0 Å². The number of fused-ring (bicyclic) bond motifs is 1. The molecule has 0 N–H and O–H groups in total. The highest BCUT2D eigenvalue weighted by Gasteiger charge is 2.56. The van der Waals surface area contributed by atoms with Gasteiger partial charge in [-0.3, -0.25) is 14.6 Å². The van der Waals surface area contributed by atoms with Crippen LogP contribution in [0.4, 0.5) is 0 Å². The van der Waals surface area contributed by atoms with E-state index in [1.807, 2.05) is 12.1 Å². The van der Waals surface area contributed by atoms with Crippen LogP contribution in [0.25, 0.3) is 0 Å². The van der Waals surface area contributed by atoms with E-state index in [4.69, 9.17) is 27.9 Å². The van der Waals surface area contributed by atoms with Crippen LogP contribution in [-0.2, 0) is 16.0 Å². The number of carbonyl (C=O) groups excluding carboxylic acids is 1. The van der Waals surface area contributed by atoms with Crippen molar-refractivity contribution < 1.29 is 9.53 Å². The number of piperazine rings is 1. The number of benzene rings is 1. The molecule has 32 heavy (non-hydrogen) atoms. The minimum Gasteiger partial charge on any atom is -0.378 e. The molecule has 3 heterocycles. The molecule has 3 aliphatic heterocycles. The average molecular weight is 480 g/mol. The smallest absolute Gasteiger partial charge is 0.227 e. The van der Waals surface area contributed by atoms with Crippen LogP contribution in [0.15, 0.2) is 18.2 Å². The molecule has 1 aromatic carbocycles. The topological polar surface area (TPSA) is 36.0 Å². The lowest BCUT2D eigenvalue weighted by Crippen LogP contribution is -2.78. The van der Waals surface area contributed by atoms with E-state index in [1.165, 1.54) is 32.1 Å². The van der Waals surface area contributed by atoms with Crippen LogP contribution in [0.1, 0.15) is 44.6 Å². The second kappa shape index (κ2) is 9.42. The third-order valence-electron chi connectivity index (χ3n) is 8.47. The van der Waals surface area contributed by atoms with E-state index >= 15 is 0 Å². The first-order chi connectivity index (χ1) is 15.5. The normalized spacial score (nSPS) is 32.0. The molecule has 4 aliphatic rings. The number of nitrogens with zero attached hydrogens (tertiary/aromatic N) is 3. The fraction of sp³-hybridized carbons (Fsp3) is 0.720. The van der Waals surface area contributed by atoms with E-state index in [2.05, 4.69) is 21.6 Å². The maximum absolute atomic E-state index is 13.8. The molecule has 0 aromatic heterocycles. The lowest BCUT2D eigenvalue weighted by Gasteiger charge is -2.61. The lowest BCUT2D eigenvalue weighted by molar-refractivity contribution is -0.178. The third-order valence-corrected chi connectivity index (χ3v) is 9.21. The van der Waals surface area contributed by atoms with Crippen LogP contribution in [0.5, 0.6) is 0 Å². The summed E-state index contributed by atoms with van der Waals surface area (Å²) >= 11 is 12.3. The maximum Gasteiger partial charge on any atom is 0.227 e. The largest absolute Gasteiger partial charge is 0.378 e. The van der Waals surface area contributed by atoms with Crippen molar-refractivity contribution in [2.24, 2.45) is 5.92 Å². The van der Waals surface area contributed by atoms with Crippen molar-refractivity contribution in [2.75, 3.05) is 45.9 Å². The second-order valence-electron chi connectivity index (χ2n) is 10.3. The molecular formula is C25H35Cl2N3O2. The molecule has 7 heteroatoms. The SMILES string of the molecule is CC12C(N3CCCC3)COC[C@@H]1N(CC1CCC1)CCN2C(=O)Cc1ccc(Cl)c(Cl)c1. The number of halogens is 2. The van der Waals surface area contributed by atoms with Crippen molar-refractivity contribution in [3.8, 4) is 0 Å². The van der Waals surface area contributed by atoms with Crippen LogP contribution >= 0.6 is 23.2 Å². The molecule has 5 rings (SSSR count). The highest BCUT2D eigenvalue weighted by Crippen LogP contribution is 2.40. The van der Waals surface area contributed by atoms with E-state index in [-0.39, 0.29) is 23.5 Å². The average Bonchev–Trinajstić information content (AvgIpc) is 3.27. The summed E-state index contributed by atoms with van der Waals surface area (Å²) in [6, 6.07) is 6.02. The van der Waals surface area contributed by atoms with Gasteiger partial charge in [-0.25, -0.2) is 0 Å². The van der Waals surface area contributed by atoms with Crippen LogP contribution in [0.2, 0.25) is 10.0 Å². The molecule has 176 valence electrons. The summed E-state index contributed by atoms with van der Waals surface area (Å²) in [7, 11) is 0. The molecule has 4 fully saturated rings. The van der Waals surface area contributed by atoms with E-state index in [0.717, 1.165) is 44.2 Å². The van der Waals surface area contributed by atoms with Crippen LogP contribution in [-0.4, -0.2) is 84.2 Å². The Kier molecular flexibility index (Phi) is 6.75. The zero-order chi connectivity index (χ0) is 22.3. The van der Waals surface area contributed by atoms with Crippen molar-refractivity contribution in [3.63, 3.8) is 0 Å². The minimum atomic E-state index is -0.252. The quantitative estimate of drug-likeness (QED) is 0.636. The Morgan fingerprint density at radius 2 is 1.78 bits per heavy atom. The Bertz CT molecular complexity index is 842. The summed E-state index contributed by atoms with van der Waals surface area (Å²) in [6.07, 6.45) is 6.88. The molecule has 3 atom stereocenters. The molecule has 3 saturated heterocycles. The van der Waals surface area contributed by atoms with Crippen LogP contribution in [0.3, 0.4) is 0 Å². The van der Waals surface area contributed by atoms with E-state index in [1.54, 1.807) is 6.07 Å². The predicted octanol–water partition coefficient (Wildman–Crippen LogP) is 4.10. The van der Waals surface area contributed by atoms with Gasteiger partial charge in [0.1, 0.15) is 0 Å². The minimum absolute atomic E-state index is 0.185. The third kappa shape index (κ3) is 4.20. The van der Waals surface area contributed by atoms with Gasteiger partial charge in [0, 0.05) is 19.6 Å². The first-order valence-electron chi connectivity index (χ1n) is 12.3. The Morgan fingerprint density at radius 3 is 2.47 bits per heavy atom. The van der Waals surface area contributed by atoms with Gasteiger partial charge in [-0.15, -0.1) is 0 Å². The van der Waals surface area contributed by atoms with Gasteiger partial charge in [-0.1, -0.05) is 35.7 Å². The number of likely N-dealkylation sites (tertiary alicyclic amines) is 1. The summed E-state index contributed by atoms with van der Waals surface area (Å²) in [5.74, 6) is 0.996. The highest BCUT2D eigenvalue weighted by atomic mass is 35.5. The summed E-state index contributed by atoms with van der Waals surface area (Å²) in [6.45, 7) is 8.82. The molecule has 1 aromatic rings. The Hall–Kier alpha value is -0.850. The molecule has 1 aliphatic carbocycles.